The van der Waals surface area contributed by atoms with Gasteiger partial charge in [-0.2, -0.15) is 10.1 Å². The summed E-state index contributed by atoms with van der Waals surface area (Å²) in [6, 6.07) is 0. The van der Waals surface area contributed by atoms with Gasteiger partial charge in [-0.25, -0.2) is 0 Å². The first-order valence-corrected chi connectivity index (χ1v) is 5.60. The largest absolute Gasteiger partial charge is 0.483 e. The van der Waals surface area contributed by atoms with E-state index in [4.69, 9.17) is 14.8 Å². The SMILES string of the molecule is CN(ON(C)C(=O)CCC=O)C(=O)CCC=O.O=CO. The molecule has 0 spiro atoms. The predicted octanol–water partition coefficient (Wildman–Crippen LogP) is -0.591. The van der Waals surface area contributed by atoms with Gasteiger partial charge in [0.15, 0.2) is 0 Å². The minimum absolute atomic E-state index is 0.0242. The van der Waals surface area contributed by atoms with E-state index in [1.54, 1.807) is 0 Å². The number of carbonyl (C=O) groups is 5. The Labute approximate surface area is 116 Å². The van der Waals surface area contributed by atoms with E-state index in [1.165, 1.54) is 14.1 Å². The number of hydroxylamine groups is 4. The van der Waals surface area contributed by atoms with Crippen molar-refractivity contribution < 1.29 is 34.0 Å². The summed E-state index contributed by atoms with van der Waals surface area (Å²) in [5.74, 6) is -0.820. The predicted molar refractivity (Wildman–Crippen MR) is 65.9 cm³/mol. The van der Waals surface area contributed by atoms with E-state index in [2.05, 4.69) is 0 Å². The zero-order chi connectivity index (χ0) is 16.0. The molecule has 0 aromatic rings. The molecular weight excluding hydrogens is 272 g/mol. The third-order valence-corrected chi connectivity index (χ3v) is 1.90. The summed E-state index contributed by atoms with van der Waals surface area (Å²) in [5, 5.41) is 8.64. The second-order valence-electron chi connectivity index (χ2n) is 3.38. The van der Waals surface area contributed by atoms with Crippen molar-refractivity contribution in [2.45, 2.75) is 25.7 Å². The van der Waals surface area contributed by atoms with Gasteiger partial charge < -0.3 is 14.7 Å². The monoisotopic (exact) mass is 290 g/mol. The molecule has 114 valence electrons. The smallest absolute Gasteiger partial charge is 0.290 e. The van der Waals surface area contributed by atoms with Crippen molar-refractivity contribution in [3.63, 3.8) is 0 Å². The van der Waals surface area contributed by atoms with Crippen molar-refractivity contribution >= 4 is 30.9 Å². The first-order valence-electron chi connectivity index (χ1n) is 5.60. The van der Waals surface area contributed by atoms with Crippen LogP contribution in [0.15, 0.2) is 0 Å². The lowest BCUT2D eigenvalue weighted by Gasteiger charge is -2.22. The average molecular weight is 290 g/mol. The second kappa shape index (κ2) is 13.1. The lowest BCUT2D eigenvalue weighted by atomic mass is 10.3. The minimum atomic E-state index is -0.410. The van der Waals surface area contributed by atoms with Crippen LogP contribution in [0.3, 0.4) is 0 Å². The van der Waals surface area contributed by atoms with E-state index in [0.29, 0.717) is 12.6 Å². The van der Waals surface area contributed by atoms with Crippen molar-refractivity contribution in [3.8, 4) is 0 Å². The van der Waals surface area contributed by atoms with Crippen molar-refractivity contribution in [3.05, 3.63) is 0 Å². The third-order valence-electron chi connectivity index (χ3n) is 1.90. The average Bonchev–Trinajstić information content (AvgIpc) is 2.42. The Kier molecular flexibility index (Phi) is 13.2. The highest BCUT2D eigenvalue weighted by Gasteiger charge is 2.15. The molecule has 0 saturated heterocycles. The van der Waals surface area contributed by atoms with Crippen LogP contribution in [0.1, 0.15) is 25.7 Å². The van der Waals surface area contributed by atoms with Gasteiger partial charge >= 0.3 is 0 Å². The number of rotatable bonds is 8. The van der Waals surface area contributed by atoms with Gasteiger partial charge in [-0.05, 0) is 0 Å². The number of amides is 2. The second-order valence-corrected chi connectivity index (χ2v) is 3.38. The molecule has 9 heteroatoms. The van der Waals surface area contributed by atoms with Gasteiger partial charge in [0.2, 0.25) is 11.8 Å². The maximum Gasteiger partial charge on any atom is 0.290 e. The van der Waals surface area contributed by atoms with Gasteiger partial charge in [-0.3, -0.25) is 14.4 Å². The highest BCUT2D eigenvalue weighted by Crippen LogP contribution is 2.00. The van der Waals surface area contributed by atoms with Crippen LogP contribution in [-0.4, -0.2) is 60.2 Å². The number of hydrogen-bond acceptors (Lipinski definition) is 6. The van der Waals surface area contributed by atoms with E-state index < -0.39 is 11.8 Å². The molecule has 0 aliphatic heterocycles. The minimum Gasteiger partial charge on any atom is -0.483 e. The molecule has 0 bridgehead atoms. The molecular formula is C11H18N2O7. The number of hydrogen-bond donors (Lipinski definition) is 1. The molecule has 0 aliphatic rings. The topological polar surface area (TPSA) is 121 Å². The zero-order valence-corrected chi connectivity index (χ0v) is 11.4. The summed E-state index contributed by atoms with van der Waals surface area (Å²) < 4.78 is 0. The summed E-state index contributed by atoms with van der Waals surface area (Å²) in [6.07, 6.45) is 1.52. The fraction of sp³-hybridized carbons (Fsp3) is 0.545. The van der Waals surface area contributed by atoms with Crippen molar-refractivity contribution in [1.29, 1.82) is 0 Å². The third kappa shape index (κ3) is 10.8. The Morgan fingerprint density at radius 2 is 1.25 bits per heavy atom. The van der Waals surface area contributed by atoms with E-state index in [-0.39, 0.29) is 32.2 Å². The maximum atomic E-state index is 11.3. The molecule has 2 amide bonds. The normalized spacial score (nSPS) is 8.70. The number of aldehydes is 2. The lowest BCUT2D eigenvalue weighted by molar-refractivity contribution is -0.279. The van der Waals surface area contributed by atoms with Crippen LogP contribution in [0.5, 0.6) is 0 Å². The highest BCUT2D eigenvalue weighted by atomic mass is 16.8. The molecule has 0 radical (unpaired) electrons. The van der Waals surface area contributed by atoms with Gasteiger partial charge in [0.05, 0.1) is 0 Å². The zero-order valence-electron chi connectivity index (χ0n) is 11.4. The van der Waals surface area contributed by atoms with Gasteiger partial charge in [0.1, 0.15) is 12.6 Å². The molecule has 0 rings (SSSR count). The van der Waals surface area contributed by atoms with Gasteiger partial charge in [-0.1, -0.05) is 0 Å². The maximum absolute atomic E-state index is 11.3. The Morgan fingerprint density at radius 3 is 1.50 bits per heavy atom. The molecule has 0 saturated carbocycles. The Balaban J connectivity index is 0. The molecule has 0 aromatic carbocycles. The van der Waals surface area contributed by atoms with E-state index >= 15 is 0 Å². The number of carboxylic acid groups (broad SMARTS) is 1. The highest BCUT2D eigenvalue weighted by molar-refractivity contribution is 5.78. The van der Waals surface area contributed by atoms with Crippen LogP contribution in [-0.2, 0) is 28.9 Å². The molecule has 9 nitrogen and oxygen atoms in total. The van der Waals surface area contributed by atoms with Gasteiger partial charge in [0, 0.05) is 39.8 Å². The summed E-state index contributed by atoms with van der Waals surface area (Å²) in [7, 11) is 2.69. The molecule has 0 aromatic heterocycles. The molecule has 0 aliphatic carbocycles. The fourth-order valence-corrected chi connectivity index (χ4v) is 0.954. The first kappa shape index (κ1) is 20.0. The van der Waals surface area contributed by atoms with E-state index in [9.17, 15) is 19.2 Å². The Bertz CT molecular complexity index is 305. The van der Waals surface area contributed by atoms with Crippen LogP contribution in [0.25, 0.3) is 0 Å². The van der Waals surface area contributed by atoms with Crippen molar-refractivity contribution in [2.75, 3.05) is 14.1 Å². The lowest BCUT2D eigenvalue weighted by Crippen LogP contribution is -2.37. The fourth-order valence-electron chi connectivity index (χ4n) is 0.954. The molecule has 20 heavy (non-hydrogen) atoms. The van der Waals surface area contributed by atoms with Crippen LogP contribution in [0, 0.1) is 0 Å². The molecule has 0 fully saturated rings. The van der Waals surface area contributed by atoms with Crippen molar-refractivity contribution in [2.24, 2.45) is 0 Å². The van der Waals surface area contributed by atoms with E-state index in [1.807, 2.05) is 0 Å². The quantitative estimate of drug-likeness (QED) is 0.468. The van der Waals surface area contributed by atoms with Crippen molar-refractivity contribution in [1.82, 2.24) is 10.1 Å². The summed E-state index contributed by atoms with van der Waals surface area (Å²) in [4.78, 5) is 56.1. The Hall–Kier alpha value is -2.29. The molecule has 0 unspecified atom stereocenters. The number of nitrogens with zero attached hydrogens (tertiary/aromatic N) is 2. The summed E-state index contributed by atoms with van der Waals surface area (Å²) >= 11 is 0. The summed E-state index contributed by atoms with van der Waals surface area (Å²) in [5.41, 5.74) is 0. The van der Waals surface area contributed by atoms with Gasteiger partial charge in [-0.15, -0.1) is 4.94 Å². The molecule has 0 heterocycles. The first-order chi connectivity index (χ1) is 9.44. The van der Waals surface area contributed by atoms with Crippen LogP contribution in [0.4, 0.5) is 0 Å². The van der Waals surface area contributed by atoms with Crippen LogP contribution in [0.2, 0.25) is 0 Å². The molecule has 1 N–H and O–H groups in total. The van der Waals surface area contributed by atoms with Crippen LogP contribution < -0.4 is 0 Å². The van der Waals surface area contributed by atoms with Crippen LogP contribution >= 0.6 is 0 Å². The summed E-state index contributed by atoms with van der Waals surface area (Å²) in [6.45, 7) is -0.250. The van der Waals surface area contributed by atoms with Gasteiger partial charge in [0.25, 0.3) is 6.47 Å². The standard InChI is InChI=1S/C10H16N2O5.CH2O2/c1-11(9(15)5-3-7-13)17-12(2)10(16)6-4-8-14;2-1-3/h7-8H,3-6H2,1-2H3;1H,(H,2,3). The number of carbonyl (C=O) groups excluding carboxylic acids is 4. The molecule has 0 atom stereocenters. The van der Waals surface area contributed by atoms with E-state index in [0.717, 1.165) is 10.1 Å². The Morgan fingerprint density at radius 1 is 0.950 bits per heavy atom.